The predicted octanol–water partition coefficient (Wildman–Crippen LogP) is 0.839. The average molecular weight is 268 g/mol. The number of carbonyl (C=O) groups excluding carboxylic acids is 1. The van der Waals surface area contributed by atoms with Gasteiger partial charge in [-0.2, -0.15) is 0 Å². The number of rotatable bonds is 4. The molecule has 0 aromatic carbocycles. The minimum Gasteiger partial charge on any atom is -0.345 e. The van der Waals surface area contributed by atoms with Crippen LogP contribution in [0.5, 0.6) is 0 Å². The SMILES string of the molecule is Cc1csc(N2CCN(C(=O)CCCN)CC2)n1. The lowest BCUT2D eigenvalue weighted by Gasteiger charge is -2.34. The molecule has 1 aromatic rings. The zero-order valence-corrected chi connectivity index (χ0v) is 11.6. The molecule has 0 radical (unpaired) electrons. The molecule has 0 spiro atoms. The van der Waals surface area contributed by atoms with E-state index in [2.05, 4.69) is 15.3 Å². The van der Waals surface area contributed by atoms with Crippen LogP contribution in [-0.4, -0.2) is 48.5 Å². The standard InChI is InChI=1S/C12H20N4OS/c1-10-9-18-12(14-10)16-7-5-15(6-8-16)11(17)3-2-4-13/h9H,2-8,13H2,1H3. The smallest absolute Gasteiger partial charge is 0.222 e. The lowest BCUT2D eigenvalue weighted by atomic mass is 10.2. The van der Waals surface area contributed by atoms with Gasteiger partial charge in [0.1, 0.15) is 0 Å². The number of aromatic nitrogens is 1. The van der Waals surface area contributed by atoms with E-state index in [0.29, 0.717) is 13.0 Å². The Morgan fingerprint density at radius 2 is 2.17 bits per heavy atom. The molecule has 2 N–H and O–H groups in total. The monoisotopic (exact) mass is 268 g/mol. The molecule has 1 saturated heterocycles. The number of anilines is 1. The van der Waals surface area contributed by atoms with Crippen molar-refractivity contribution < 1.29 is 4.79 Å². The van der Waals surface area contributed by atoms with E-state index in [1.807, 2.05) is 11.8 Å². The van der Waals surface area contributed by atoms with Gasteiger partial charge in [0.15, 0.2) is 5.13 Å². The van der Waals surface area contributed by atoms with E-state index in [9.17, 15) is 4.79 Å². The van der Waals surface area contributed by atoms with Crippen LogP contribution in [0, 0.1) is 6.92 Å². The molecule has 5 nitrogen and oxygen atoms in total. The molecule has 2 rings (SSSR count). The van der Waals surface area contributed by atoms with Crippen LogP contribution in [0.2, 0.25) is 0 Å². The van der Waals surface area contributed by atoms with Crippen molar-refractivity contribution in [2.24, 2.45) is 5.73 Å². The highest BCUT2D eigenvalue weighted by molar-refractivity contribution is 7.13. The summed E-state index contributed by atoms with van der Waals surface area (Å²) in [5.74, 6) is 0.232. The third-order valence-corrected chi connectivity index (χ3v) is 4.12. The van der Waals surface area contributed by atoms with Crippen molar-refractivity contribution >= 4 is 22.4 Å². The summed E-state index contributed by atoms with van der Waals surface area (Å²) in [6, 6.07) is 0. The normalized spacial score (nSPS) is 16.1. The number of aryl methyl sites for hydroxylation is 1. The Hall–Kier alpha value is -1.14. The van der Waals surface area contributed by atoms with Crippen LogP contribution in [-0.2, 0) is 4.79 Å². The van der Waals surface area contributed by atoms with Crippen molar-refractivity contribution in [3.63, 3.8) is 0 Å². The molecule has 0 saturated carbocycles. The Balaban J connectivity index is 1.82. The second-order valence-electron chi connectivity index (χ2n) is 4.53. The molecule has 1 amide bonds. The Kier molecular flexibility index (Phi) is 4.54. The summed E-state index contributed by atoms with van der Waals surface area (Å²) in [5.41, 5.74) is 6.49. The van der Waals surface area contributed by atoms with Gasteiger partial charge in [-0.3, -0.25) is 4.79 Å². The van der Waals surface area contributed by atoms with Crippen LogP contribution in [0.15, 0.2) is 5.38 Å². The van der Waals surface area contributed by atoms with Crippen molar-refractivity contribution in [3.05, 3.63) is 11.1 Å². The predicted molar refractivity (Wildman–Crippen MR) is 73.9 cm³/mol. The molecule has 0 atom stereocenters. The highest BCUT2D eigenvalue weighted by Gasteiger charge is 2.21. The van der Waals surface area contributed by atoms with Crippen LogP contribution < -0.4 is 10.6 Å². The van der Waals surface area contributed by atoms with E-state index in [1.165, 1.54) is 0 Å². The molecule has 1 fully saturated rings. The lowest BCUT2D eigenvalue weighted by molar-refractivity contribution is -0.131. The van der Waals surface area contributed by atoms with Gasteiger partial charge in [-0.25, -0.2) is 4.98 Å². The molecule has 0 bridgehead atoms. The fourth-order valence-electron chi connectivity index (χ4n) is 2.05. The first kappa shape index (κ1) is 13.3. The summed E-state index contributed by atoms with van der Waals surface area (Å²) in [5, 5.41) is 3.13. The van der Waals surface area contributed by atoms with Crippen molar-refractivity contribution in [2.45, 2.75) is 19.8 Å². The molecule has 0 aliphatic carbocycles. The number of hydrogen-bond acceptors (Lipinski definition) is 5. The summed E-state index contributed by atoms with van der Waals surface area (Å²) in [4.78, 5) is 20.5. The minimum atomic E-state index is 0.232. The third-order valence-electron chi connectivity index (χ3n) is 3.10. The molecule has 0 unspecified atom stereocenters. The fourth-order valence-corrected chi connectivity index (χ4v) is 2.90. The fraction of sp³-hybridized carbons (Fsp3) is 0.667. The van der Waals surface area contributed by atoms with E-state index in [0.717, 1.165) is 43.4 Å². The largest absolute Gasteiger partial charge is 0.345 e. The topological polar surface area (TPSA) is 62.5 Å². The number of amides is 1. The Bertz CT molecular complexity index is 399. The van der Waals surface area contributed by atoms with Crippen LogP contribution in [0.3, 0.4) is 0 Å². The van der Waals surface area contributed by atoms with E-state index in [4.69, 9.17) is 5.73 Å². The average Bonchev–Trinajstić information content (AvgIpc) is 2.83. The van der Waals surface area contributed by atoms with Crippen molar-refractivity contribution in [2.75, 3.05) is 37.6 Å². The van der Waals surface area contributed by atoms with E-state index in [1.54, 1.807) is 11.3 Å². The number of carbonyl (C=O) groups is 1. The van der Waals surface area contributed by atoms with Crippen LogP contribution in [0.1, 0.15) is 18.5 Å². The van der Waals surface area contributed by atoms with Gasteiger partial charge in [0.25, 0.3) is 0 Å². The summed E-state index contributed by atoms with van der Waals surface area (Å²) in [6.45, 7) is 5.93. The Morgan fingerprint density at radius 3 is 2.72 bits per heavy atom. The zero-order chi connectivity index (χ0) is 13.0. The van der Waals surface area contributed by atoms with Gasteiger partial charge >= 0.3 is 0 Å². The molecule has 100 valence electrons. The molecular weight excluding hydrogens is 248 g/mol. The molecule has 18 heavy (non-hydrogen) atoms. The van der Waals surface area contributed by atoms with Gasteiger partial charge in [0, 0.05) is 38.0 Å². The number of piperazine rings is 1. The van der Waals surface area contributed by atoms with E-state index in [-0.39, 0.29) is 5.91 Å². The molecule has 6 heteroatoms. The van der Waals surface area contributed by atoms with Crippen LogP contribution >= 0.6 is 11.3 Å². The number of hydrogen-bond donors (Lipinski definition) is 1. The van der Waals surface area contributed by atoms with Gasteiger partial charge < -0.3 is 15.5 Å². The Labute approximate surface area is 112 Å². The zero-order valence-electron chi connectivity index (χ0n) is 10.8. The maximum absolute atomic E-state index is 11.8. The van der Waals surface area contributed by atoms with Gasteiger partial charge in [0.2, 0.25) is 5.91 Å². The summed E-state index contributed by atoms with van der Waals surface area (Å²) >= 11 is 1.67. The Morgan fingerprint density at radius 1 is 1.44 bits per heavy atom. The van der Waals surface area contributed by atoms with Crippen molar-refractivity contribution in [1.82, 2.24) is 9.88 Å². The summed E-state index contributed by atoms with van der Waals surface area (Å²) in [7, 11) is 0. The van der Waals surface area contributed by atoms with Gasteiger partial charge in [0.05, 0.1) is 5.69 Å². The van der Waals surface area contributed by atoms with E-state index >= 15 is 0 Å². The first-order chi connectivity index (χ1) is 8.70. The van der Waals surface area contributed by atoms with E-state index < -0.39 is 0 Å². The first-order valence-corrected chi connectivity index (χ1v) is 7.23. The number of nitrogens with zero attached hydrogens (tertiary/aromatic N) is 3. The number of thiazole rings is 1. The quantitative estimate of drug-likeness (QED) is 0.879. The van der Waals surface area contributed by atoms with Gasteiger partial charge in [-0.15, -0.1) is 11.3 Å². The minimum absolute atomic E-state index is 0.232. The van der Waals surface area contributed by atoms with Crippen molar-refractivity contribution in [3.8, 4) is 0 Å². The maximum Gasteiger partial charge on any atom is 0.222 e. The van der Waals surface area contributed by atoms with Crippen LogP contribution in [0.25, 0.3) is 0 Å². The highest BCUT2D eigenvalue weighted by Crippen LogP contribution is 2.21. The van der Waals surface area contributed by atoms with Crippen LogP contribution in [0.4, 0.5) is 5.13 Å². The molecule has 2 heterocycles. The number of nitrogens with two attached hydrogens (primary N) is 1. The highest BCUT2D eigenvalue weighted by atomic mass is 32.1. The maximum atomic E-state index is 11.8. The first-order valence-electron chi connectivity index (χ1n) is 6.35. The van der Waals surface area contributed by atoms with Crippen molar-refractivity contribution in [1.29, 1.82) is 0 Å². The third kappa shape index (κ3) is 3.20. The molecular formula is C12H20N4OS. The molecule has 1 aliphatic heterocycles. The van der Waals surface area contributed by atoms with Gasteiger partial charge in [-0.1, -0.05) is 0 Å². The van der Waals surface area contributed by atoms with Gasteiger partial charge in [-0.05, 0) is 19.9 Å². The summed E-state index contributed by atoms with van der Waals surface area (Å²) < 4.78 is 0. The summed E-state index contributed by atoms with van der Waals surface area (Å²) in [6.07, 6.45) is 1.36. The molecule has 1 aromatic heterocycles. The molecule has 1 aliphatic rings. The lowest BCUT2D eigenvalue weighted by Crippen LogP contribution is -2.48. The second kappa shape index (κ2) is 6.15. The second-order valence-corrected chi connectivity index (χ2v) is 5.37.